The number of aryl methyl sites for hydroxylation is 2. The first kappa shape index (κ1) is 46.7. The van der Waals surface area contributed by atoms with Crippen molar-refractivity contribution in [3.05, 3.63) is 203 Å². The van der Waals surface area contributed by atoms with Crippen LogP contribution < -0.4 is 27.2 Å². The number of rotatable bonds is 16. The summed E-state index contributed by atoms with van der Waals surface area (Å²) in [5, 5.41) is 0. The van der Waals surface area contributed by atoms with Crippen molar-refractivity contribution in [2.45, 2.75) is 69.2 Å². The zero-order valence-corrected chi connectivity index (χ0v) is 38.6. The quantitative estimate of drug-likeness (QED) is 0.0518. The molecule has 1 unspecified atom stereocenters. The van der Waals surface area contributed by atoms with Crippen molar-refractivity contribution in [2.75, 3.05) is 20.3 Å². The van der Waals surface area contributed by atoms with E-state index < -0.39 is 77.1 Å². The van der Waals surface area contributed by atoms with Gasteiger partial charge >= 0.3 is 380 Å². The van der Waals surface area contributed by atoms with Crippen molar-refractivity contribution >= 4 is 27.3 Å². The molecule has 7 atom stereocenters. The molecule has 0 aliphatic carbocycles. The Morgan fingerprint density at radius 2 is 1.18 bits per heavy atom. The number of aromatic nitrogens is 4. The first-order valence-corrected chi connectivity index (χ1v) is 24.8. The Hall–Kier alpha value is -5.78. The first-order chi connectivity index (χ1) is 31.7. The van der Waals surface area contributed by atoms with E-state index in [2.05, 4.69) is 25.1 Å². The molecule has 0 radical (unpaired) electrons. The van der Waals surface area contributed by atoms with Crippen LogP contribution >= 0.6 is 6.19 Å². The number of benzene rings is 4. The Bertz CT molecular complexity index is 2910. The maximum absolute atomic E-state index is 13.3. The van der Waals surface area contributed by atoms with Gasteiger partial charge in [0, 0.05) is 0 Å². The van der Waals surface area contributed by atoms with Crippen molar-refractivity contribution in [1.82, 2.24) is 19.1 Å². The van der Waals surface area contributed by atoms with Gasteiger partial charge in [0.05, 0.1) is 7.11 Å². The molecule has 4 aromatic carbocycles. The van der Waals surface area contributed by atoms with Crippen LogP contribution in [0.3, 0.4) is 0 Å². The van der Waals surface area contributed by atoms with Crippen LogP contribution in [0.1, 0.15) is 63.5 Å². The molecule has 6 aromatic rings. The fraction of sp³-hybridized carbons (Fsp3) is 0.298. The third-order valence-electron chi connectivity index (χ3n) is 11.5. The summed E-state index contributed by atoms with van der Waals surface area (Å²) in [6.45, 7) is 2.58. The van der Waals surface area contributed by atoms with E-state index in [9.17, 15) is 28.9 Å². The van der Waals surface area contributed by atoms with Crippen LogP contribution in [0.4, 0.5) is 0 Å². The van der Waals surface area contributed by atoms with Crippen LogP contribution in [-0.2, 0) is 33.6 Å². The van der Waals surface area contributed by atoms with Gasteiger partial charge in [0.2, 0.25) is 0 Å². The summed E-state index contributed by atoms with van der Waals surface area (Å²) in [7, 11) is 1.59. The molecule has 2 saturated heterocycles. The van der Waals surface area contributed by atoms with Gasteiger partial charge in [-0.3, -0.25) is 0 Å². The van der Waals surface area contributed by atoms with E-state index in [-0.39, 0.29) is 42.7 Å². The Morgan fingerprint density at radius 1 is 0.712 bits per heavy atom. The van der Waals surface area contributed by atoms with Crippen molar-refractivity contribution in [3.8, 4) is 5.75 Å². The molecule has 0 saturated carbocycles. The van der Waals surface area contributed by atoms with E-state index >= 15 is 0 Å². The van der Waals surface area contributed by atoms with Crippen LogP contribution in [0, 0.1) is 13.8 Å². The normalized spacial score (nSPS) is 21.6. The standard InChI is InChI=1S/C47H47N4O13PSe/c1-29-25-50(45(55)48-42(29)52)40-23-36(63-44(54)31-13-7-4-8-14-31)39(62-40)28-60-65(57,66)64-37-24-41(51-26-30(2)43(53)49-46(51)56)61-38(37)27-59-47(32-15-9-5-10-16-32,33-17-11-6-12-18-33)34-19-21-35(58-3)22-20-34/h4-22,25-26,36-41H,23-24,27-28H2,1-3H3,(H,57,66)(H,48,52,55)(H,49,53,56)/t36-,37-,38+,39+,40+,41+,65?/m0/s1. The van der Waals surface area contributed by atoms with Crippen LogP contribution in [-0.4, -0.2) is 89.8 Å². The zero-order valence-electron chi connectivity index (χ0n) is 36.0. The van der Waals surface area contributed by atoms with Gasteiger partial charge in [-0.25, -0.2) is 0 Å². The molecule has 17 nitrogen and oxygen atoms in total. The molecule has 0 bridgehead atoms. The molecule has 2 aromatic heterocycles. The zero-order chi connectivity index (χ0) is 46.6. The molecule has 66 heavy (non-hydrogen) atoms. The van der Waals surface area contributed by atoms with Crippen molar-refractivity contribution in [1.29, 1.82) is 0 Å². The van der Waals surface area contributed by atoms with E-state index in [1.807, 2.05) is 84.9 Å². The Morgan fingerprint density at radius 3 is 1.70 bits per heavy atom. The molecule has 4 heterocycles. The summed E-state index contributed by atoms with van der Waals surface area (Å²) in [6.07, 6.45) is -7.09. The number of hydrogen-bond acceptors (Lipinski definition) is 13. The molecule has 2 aliphatic heterocycles. The Kier molecular flexibility index (Phi) is 14.2. The number of carbonyl (C=O) groups is 1. The minimum absolute atomic E-state index is 0.00672. The van der Waals surface area contributed by atoms with Crippen LogP contribution in [0.5, 0.6) is 5.75 Å². The van der Waals surface area contributed by atoms with Gasteiger partial charge in [-0.2, -0.15) is 0 Å². The number of nitrogens with zero attached hydrogens (tertiary/aromatic N) is 2. The molecule has 0 amide bonds. The second-order valence-electron chi connectivity index (χ2n) is 15.9. The van der Waals surface area contributed by atoms with Gasteiger partial charge < -0.3 is 0 Å². The first-order valence-electron chi connectivity index (χ1n) is 21.0. The summed E-state index contributed by atoms with van der Waals surface area (Å²) in [5.74, 6) is -0.00132. The molecule has 3 N–H and O–H groups in total. The predicted molar refractivity (Wildman–Crippen MR) is 242 cm³/mol. The average molecular weight is 986 g/mol. The van der Waals surface area contributed by atoms with E-state index in [1.165, 1.54) is 21.5 Å². The summed E-state index contributed by atoms with van der Waals surface area (Å²) in [5.41, 5.74) is -0.560. The van der Waals surface area contributed by atoms with E-state index in [4.69, 9.17) is 32.7 Å². The van der Waals surface area contributed by atoms with Gasteiger partial charge in [0.25, 0.3) is 0 Å². The number of carbonyl (C=O) groups excluding carboxylic acids is 1. The number of hydrogen-bond donors (Lipinski definition) is 3. The van der Waals surface area contributed by atoms with Crippen LogP contribution in [0.25, 0.3) is 0 Å². The number of nitrogens with one attached hydrogen (secondary N) is 2. The summed E-state index contributed by atoms with van der Waals surface area (Å²) >= 11 is 2.66. The molecule has 8 rings (SSSR count). The Balaban J connectivity index is 1.09. The predicted octanol–water partition coefficient (Wildman–Crippen LogP) is 4.76. The van der Waals surface area contributed by atoms with Crippen molar-refractivity contribution < 1.29 is 42.4 Å². The van der Waals surface area contributed by atoms with Crippen LogP contribution in [0.2, 0.25) is 0 Å². The minimum atomic E-state index is -3.97. The third kappa shape index (κ3) is 10.1. The van der Waals surface area contributed by atoms with Crippen molar-refractivity contribution in [3.63, 3.8) is 0 Å². The second-order valence-corrected chi connectivity index (χ2v) is 20.2. The molecule has 19 heteroatoms. The number of H-pyrrole nitrogens is 2. The number of esters is 1. The molecular weight excluding hydrogens is 938 g/mol. The maximum atomic E-state index is 13.3. The summed E-state index contributed by atoms with van der Waals surface area (Å²) in [4.78, 5) is 80.5. The molecule has 344 valence electrons. The van der Waals surface area contributed by atoms with Gasteiger partial charge in [0.15, 0.2) is 0 Å². The molecule has 2 aliphatic rings. The van der Waals surface area contributed by atoms with E-state index in [0.29, 0.717) is 5.75 Å². The summed E-state index contributed by atoms with van der Waals surface area (Å²) < 4.78 is 46.2. The fourth-order valence-corrected chi connectivity index (χ4v) is 10.2. The van der Waals surface area contributed by atoms with Gasteiger partial charge in [-0.1, -0.05) is 0 Å². The molecule has 2 fully saturated rings. The molecule has 0 spiro atoms. The summed E-state index contributed by atoms with van der Waals surface area (Å²) in [6, 6.07) is 35.2. The van der Waals surface area contributed by atoms with Gasteiger partial charge in [0.1, 0.15) is 0 Å². The van der Waals surface area contributed by atoms with E-state index in [1.54, 1.807) is 51.3 Å². The number of aromatic amines is 2. The number of methoxy groups -OCH3 is 1. The second kappa shape index (κ2) is 20.0. The number of ether oxygens (including phenoxy) is 5. The molecular formula is C47H47N4O13PSe. The van der Waals surface area contributed by atoms with Crippen LogP contribution in [0.15, 0.2) is 147 Å². The topological polar surface area (TPSA) is 212 Å². The van der Waals surface area contributed by atoms with Crippen molar-refractivity contribution in [2.24, 2.45) is 0 Å². The average Bonchev–Trinajstić information content (AvgIpc) is 3.92. The van der Waals surface area contributed by atoms with Gasteiger partial charge in [-0.05, 0) is 0 Å². The monoisotopic (exact) mass is 986 g/mol. The fourth-order valence-electron chi connectivity index (χ4n) is 8.15. The Labute approximate surface area is 385 Å². The van der Waals surface area contributed by atoms with Gasteiger partial charge in [-0.15, -0.1) is 0 Å². The third-order valence-corrected chi connectivity index (χ3v) is 13.8. The SMILES string of the molecule is COc1ccc(C(OC[C@H]2O[C@@H](n3cc(C)c(=O)[nH]c3=O)C[C@@H]2OP(O)(=[Se])OC[C@H]2O[C@@H](n3cc(C)c(=O)[nH]c3=O)C[C@@H]2OC(=O)c2ccccc2)(c2ccccc2)c2ccccc2)cc1. The van der Waals surface area contributed by atoms with E-state index in [0.717, 1.165) is 16.7 Å².